The molecule has 3 heterocycles. The van der Waals surface area contributed by atoms with Crippen LogP contribution in [0.25, 0.3) is 0 Å². The lowest BCUT2D eigenvalue weighted by Crippen LogP contribution is -2.15. The molecule has 1 fully saturated rings. The minimum absolute atomic E-state index is 0.142. The summed E-state index contributed by atoms with van der Waals surface area (Å²) >= 11 is 0. The maximum atomic E-state index is 5.83. The van der Waals surface area contributed by atoms with Gasteiger partial charge in [-0.15, -0.1) is 0 Å². The molecule has 1 aliphatic rings. The highest BCUT2D eigenvalue weighted by Gasteiger charge is 2.34. The standard InChI is InChI=1S/C17H18N4O2/c1-2-5-13(6-3-1)11-15-19-17(23-20-15)16-14(7-10-22-16)12-21-9-4-8-18-21/h1-6,8-9,14,16H,7,10-12H2/t14-,16-/m0/s1. The van der Waals surface area contributed by atoms with Crippen LogP contribution in [0, 0.1) is 5.92 Å². The van der Waals surface area contributed by atoms with Crippen LogP contribution in [0.15, 0.2) is 53.3 Å². The maximum absolute atomic E-state index is 5.83. The molecule has 6 heteroatoms. The van der Waals surface area contributed by atoms with Crippen LogP contribution in [0.3, 0.4) is 0 Å². The largest absolute Gasteiger partial charge is 0.368 e. The van der Waals surface area contributed by atoms with Gasteiger partial charge in [0.1, 0.15) is 6.10 Å². The summed E-state index contributed by atoms with van der Waals surface area (Å²) in [5.41, 5.74) is 1.17. The second-order valence-electron chi connectivity index (χ2n) is 5.78. The number of rotatable bonds is 5. The molecule has 1 aliphatic heterocycles. The molecule has 0 N–H and O–H groups in total. The fraction of sp³-hybridized carbons (Fsp3) is 0.353. The molecule has 0 unspecified atom stereocenters. The molecule has 6 nitrogen and oxygen atoms in total. The second kappa shape index (κ2) is 6.34. The monoisotopic (exact) mass is 310 g/mol. The van der Waals surface area contributed by atoms with Gasteiger partial charge >= 0.3 is 0 Å². The highest BCUT2D eigenvalue weighted by molar-refractivity contribution is 5.18. The minimum atomic E-state index is -0.142. The van der Waals surface area contributed by atoms with Crippen molar-refractivity contribution in [3.8, 4) is 0 Å². The van der Waals surface area contributed by atoms with Gasteiger partial charge in [0, 0.05) is 37.9 Å². The van der Waals surface area contributed by atoms with Crippen LogP contribution in [0.1, 0.15) is 29.8 Å². The van der Waals surface area contributed by atoms with E-state index >= 15 is 0 Å². The van der Waals surface area contributed by atoms with Crippen molar-refractivity contribution in [3.63, 3.8) is 0 Å². The van der Waals surface area contributed by atoms with E-state index in [0.717, 1.165) is 13.0 Å². The van der Waals surface area contributed by atoms with E-state index in [1.165, 1.54) is 5.56 Å². The topological polar surface area (TPSA) is 66.0 Å². The van der Waals surface area contributed by atoms with E-state index < -0.39 is 0 Å². The van der Waals surface area contributed by atoms with Crippen LogP contribution in [0.4, 0.5) is 0 Å². The van der Waals surface area contributed by atoms with Crippen molar-refractivity contribution in [2.75, 3.05) is 6.61 Å². The summed E-state index contributed by atoms with van der Waals surface area (Å²) in [4.78, 5) is 4.53. The Labute approximate surface area is 134 Å². The van der Waals surface area contributed by atoms with Crippen molar-refractivity contribution in [2.45, 2.75) is 25.5 Å². The predicted octanol–water partition coefficient (Wildman–Crippen LogP) is 2.63. The quantitative estimate of drug-likeness (QED) is 0.725. The van der Waals surface area contributed by atoms with Crippen LogP contribution in [-0.2, 0) is 17.7 Å². The number of hydrogen-bond donors (Lipinski definition) is 0. The summed E-state index contributed by atoms with van der Waals surface area (Å²) < 4.78 is 13.2. The number of hydrogen-bond acceptors (Lipinski definition) is 5. The summed E-state index contributed by atoms with van der Waals surface area (Å²) in [6.45, 7) is 1.51. The van der Waals surface area contributed by atoms with Crippen molar-refractivity contribution in [1.29, 1.82) is 0 Å². The molecule has 1 aromatic carbocycles. The van der Waals surface area contributed by atoms with Crippen LogP contribution >= 0.6 is 0 Å². The Hall–Kier alpha value is -2.47. The average Bonchev–Trinajstić information content (AvgIpc) is 3.30. The van der Waals surface area contributed by atoms with E-state index in [1.54, 1.807) is 6.20 Å². The Bertz CT molecular complexity index is 739. The molecule has 2 aromatic heterocycles. The molecule has 0 aliphatic carbocycles. The molecule has 0 spiro atoms. The lowest BCUT2D eigenvalue weighted by atomic mass is 10.0. The number of aromatic nitrogens is 4. The smallest absolute Gasteiger partial charge is 0.256 e. The first kappa shape index (κ1) is 14.1. The van der Waals surface area contributed by atoms with Crippen molar-refractivity contribution in [3.05, 3.63) is 66.1 Å². The van der Waals surface area contributed by atoms with Gasteiger partial charge < -0.3 is 9.26 Å². The normalized spacial score (nSPS) is 20.9. The van der Waals surface area contributed by atoms with E-state index in [1.807, 2.05) is 35.1 Å². The van der Waals surface area contributed by atoms with Gasteiger partial charge in [-0.25, -0.2) is 0 Å². The van der Waals surface area contributed by atoms with Crippen LogP contribution in [-0.4, -0.2) is 26.5 Å². The Balaban J connectivity index is 1.47. The SMILES string of the molecule is c1ccc(Cc2noc([C@H]3OCC[C@H]3Cn3cccn3)n2)cc1. The van der Waals surface area contributed by atoms with Crippen LogP contribution in [0.2, 0.25) is 0 Å². The predicted molar refractivity (Wildman–Crippen MR) is 82.6 cm³/mol. The summed E-state index contributed by atoms with van der Waals surface area (Å²) in [6, 6.07) is 12.1. The van der Waals surface area contributed by atoms with Gasteiger partial charge in [0.05, 0.1) is 0 Å². The molecule has 0 saturated carbocycles. The molecule has 0 bridgehead atoms. The number of nitrogens with zero attached hydrogens (tertiary/aromatic N) is 4. The molecular formula is C17H18N4O2. The van der Waals surface area contributed by atoms with E-state index in [4.69, 9.17) is 9.26 Å². The first-order valence-electron chi connectivity index (χ1n) is 7.84. The molecule has 0 amide bonds. The third-order valence-corrected chi connectivity index (χ3v) is 4.13. The first-order chi connectivity index (χ1) is 11.4. The van der Waals surface area contributed by atoms with Crippen molar-refractivity contribution < 1.29 is 9.26 Å². The molecule has 0 radical (unpaired) electrons. The van der Waals surface area contributed by atoms with Crippen molar-refractivity contribution in [1.82, 2.24) is 19.9 Å². The number of ether oxygens (including phenoxy) is 1. The third kappa shape index (κ3) is 3.17. The lowest BCUT2D eigenvalue weighted by molar-refractivity contribution is 0.0578. The Morgan fingerprint density at radius 2 is 2.09 bits per heavy atom. The lowest BCUT2D eigenvalue weighted by Gasteiger charge is -2.14. The molecule has 2 atom stereocenters. The zero-order valence-electron chi connectivity index (χ0n) is 12.7. The van der Waals surface area contributed by atoms with Gasteiger partial charge in [0.15, 0.2) is 5.82 Å². The van der Waals surface area contributed by atoms with Crippen molar-refractivity contribution in [2.24, 2.45) is 5.92 Å². The Morgan fingerprint density at radius 1 is 1.17 bits per heavy atom. The number of benzene rings is 1. The van der Waals surface area contributed by atoms with Crippen LogP contribution < -0.4 is 0 Å². The molecule has 1 saturated heterocycles. The summed E-state index contributed by atoms with van der Waals surface area (Å²) in [5, 5.41) is 8.36. The minimum Gasteiger partial charge on any atom is -0.368 e. The molecular weight excluding hydrogens is 292 g/mol. The maximum Gasteiger partial charge on any atom is 0.256 e. The van der Waals surface area contributed by atoms with Gasteiger partial charge in [-0.05, 0) is 18.1 Å². The fourth-order valence-corrected chi connectivity index (χ4v) is 2.98. The highest BCUT2D eigenvalue weighted by Crippen LogP contribution is 2.34. The highest BCUT2D eigenvalue weighted by atomic mass is 16.5. The zero-order valence-corrected chi connectivity index (χ0v) is 12.7. The summed E-state index contributed by atoms with van der Waals surface area (Å²) in [6.07, 6.45) is 5.25. The molecule has 23 heavy (non-hydrogen) atoms. The van der Waals surface area contributed by atoms with E-state index in [0.29, 0.717) is 30.7 Å². The van der Waals surface area contributed by atoms with Crippen molar-refractivity contribution >= 4 is 0 Å². The summed E-state index contributed by atoms with van der Waals surface area (Å²) in [7, 11) is 0. The van der Waals surface area contributed by atoms with Gasteiger partial charge in [-0.2, -0.15) is 10.1 Å². The van der Waals surface area contributed by atoms with Gasteiger partial charge in [-0.3, -0.25) is 4.68 Å². The molecule has 3 aromatic rings. The van der Waals surface area contributed by atoms with Gasteiger partial charge in [-0.1, -0.05) is 35.5 Å². The average molecular weight is 310 g/mol. The van der Waals surface area contributed by atoms with Crippen LogP contribution in [0.5, 0.6) is 0 Å². The van der Waals surface area contributed by atoms with E-state index in [2.05, 4.69) is 27.4 Å². The van der Waals surface area contributed by atoms with Gasteiger partial charge in [0.25, 0.3) is 5.89 Å². The molecule has 4 rings (SSSR count). The third-order valence-electron chi connectivity index (χ3n) is 4.13. The Kier molecular flexibility index (Phi) is 3.90. The molecule has 118 valence electrons. The zero-order chi connectivity index (χ0) is 15.5. The fourth-order valence-electron chi connectivity index (χ4n) is 2.98. The van der Waals surface area contributed by atoms with E-state index in [-0.39, 0.29) is 6.10 Å². The summed E-state index contributed by atoms with van der Waals surface area (Å²) in [5.74, 6) is 1.57. The first-order valence-corrected chi connectivity index (χ1v) is 7.84. The Morgan fingerprint density at radius 3 is 2.91 bits per heavy atom. The van der Waals surface area contributed by atoms with Gasteiger partial charge in [0.2, 0.25) is 0 Å². The van der Waals surface area contributed by atoms with E-state index in [9.17, 15) is 0 Å². The second-order valence-corrected chi connectivity index (χ2v) is 5.78.